The number of hydrogen-bond donors (Lipinski definition) is 1. The molecule has 1 heterocycles. The summed E-state index contributed by atoms with van der Waals surface area (Å²) < 4.78 is 27.6. The number of aromatic nitrogens is 2. The lowest BCUT2D eigenvalue weighted by molar-refractivity contribution is 0.0131. The molecule has 7 heteroatoms. The second-order valence-corrected chi connectivity index (χ2v) is 7.99. The Morgan fingerprint density at radius 2 is 1.78 bits per heavy atom. The van der Waals surface area contributed by atoms with Gasteiger partial charge < -0.3 is 14.6 Å². The number of ether oxygens (including phenoxy) is 2. The maximum Gasteiger partial charge on any atom is 0.227 e. The lowest BCUT2D eigenvalue weighted by atomic mass is 10.2. The van der Waals surface area contributed by atoms with Crippen molar-refractivity contribution in [3.8, 4) is 17.3 Å². The first-order valence-electron chi connectivity index (χ1n) is 11.0. The summed E-state index contributed by atoms with van der Waals surface area (Å²) in [5, 5.41) is 15.1. The van der Waals surface area contributed by atoms with Gasteiger partial charge in [0.25, 0.3) is 0 Å². The van der Waals surface area contributed by atoms with Crippen LogP contribution in [0.4, 0.5) is 4.39 Å². The maximum absolute atomic E-state index is 14.4. The van der Waals surface area contributed by atoms with Gasteiger partial charge in [-0.1, -0.05) is 30.3 Å². The number of rotatable bonds is 11. The van der Waals surface area contributed by atoms with Crippen molar-refractivity contribution in [2.45, 2.75) is 46.4 Å². The van der Waals surface area contributed by atoms with E-state index in [0.717, 1.165) is 16.9 Å². The Hall–Kier alpha value is -2.74. The van der Waals surface area contributed by atoms with Gasteiger partial charge in [-0.15, -0.1) is 0 Å². The van der Waals surface area contributed by atoms with E-state index in [1.54, 1.807) is 22.9 Å². The SMILES string of the molecule is CCOC[C@H](O)CN(Cc1c(C)nn(-c2ccccc2)c1Oc1ccccc1F)C(C)C. The third-order valence-corrected chi connectivity index (χ3v) is 5.23. The van der Waals surface area contributed by atoms with E-state index in [2.05, 4.69) is 18.7 Å². The fraction of sp³-hybridized carbons (Fsp3) is 0.400. The van der Waals surface area contributed by atoms with Crippen molar-refractivity contribution >= 4 is 0 Å². The minimum absolute atomic E-state index is 0.137. The van der Waals surface area contributed by atoms with Crippen LogP contribution in [0.5, 0.6) is 11.6 Å². The molecule has 0 fully saturated rings. The highest BCUT2D eigenvalue weighted by molar-refractivity contribution is 5.43. The minimum atomic E-state index is -0.613. The van der Waals surface area contributed by atoms with Crippen molar-refractivity contribution < 1.29 is 19.0 Å². The molecule has 172 valence electrons. The fourth-order valence-electron chi connectivity index (χ4n) is 3.44. The quantitative estimate of drug-likeness (QED) is 0.467. The summed E-state index contributed by atoms with van der Waals surface area (Å²) in [6.45, 7) is 9.72. The monoisotopic (exact) mass is 441 g/mol. The summed E-state index contributed by atoms with van der Waals surface area (Å²) in [5.74, 6) is 0.159. The highest BCUT2D eigenvalue weighted by atomic mass is 19.1. The van der Waals surface area contributed by atoms with E-state index in [4.69, 9.17) is 14.6 Å². The van der Waals surface area contributed by atoms with Gasteiger partial charge in [0.2, 0.25) is 5.88 Å². The van der Waals surface area contributed by atoms with Crippen LogP contribution >= 0.6 is 0 Å². The number of aliphatic hydroxyl groups is 1. The van der Waals surface area contributed by atoms with E-state index in [9.17, 15) is 9.50 Å². The summed E-state index contributed by atoms with van der Waals surface area (Å²) in [5.41, 5.74) is 2.44. The Bertz CT molecular complexity index is 991. The topological polar surface area (TPSA) is 59.8 Å². The van der Waals surface area contributed by atoms with Crippen molar-refractivity contribution in [1.82, 2.24) is 14.7 Å². The summed E-state index contributed by atoms with van der Waals surface area (Å²) in [4.78, 5) is 2.14. The number of aryl methyl sites for hydroxylation is 1. The number of hydrogen-bond acceptors (Lipinski definition) is 5. The Balaban J connectivity index is 1.98. The molecule has 1 atom stereocenters. The molecule has 0 radical (unpaired) electrons. The Kier molecular flexibility index (Phi) is 8.39. The molecule has 3 rings (SSSR count). The van der Waals surface area contributed by atoms with E-state index < -0.39 is 11.9 Å². The zero-order valence-electron chi connectivity index (χ0n) is 19.2. The van der Waals surface area contributed by atoms with Crippen LogP contribution < -0.4 is 4.74 Å². The highest BCUT2D eigenvalue weighted by Crippen LogP contribution is 2.33. The molecule has 1 N–H and O–H groups in total. The molecular weight excluding hydrogens is 409 g/mol. The minimum Gasteiger partial charge on any atom is -0.435 e. The van der Waals surface area contributed by atoms with E-state index >= 15 is 0 Å². The molecule has 1 aromatic heterocycles. The third kappa shape index (κ3) is 5.94. The fourth-order valence-corrected chi connectivity index (χ4v) is 3.44. The van der Waals surface area contributed by atoms with Crippen molar-refractivity contribution in [3.63, 3.8) is 0 Å². The zero-order chi connectivity index (χ0) is 23.1. The van der Waals surface area contributed by atoms with Gasteiger partial charge in [-0.25, -0.2) is 9.07 Å². The standard InChI is InChI=1S/C25H32FN3O3/c1-5-31-17-21(30)15-28(18(2)3)16-22-19(4)27-29(20-11-7-6-8-12-20)25(22)32-24-14-10-9-13-23(24)26/h6-14,18,21,30H,5,15-17H2,1-4H3/t21-/m1/s1. The first-order valence-corrected chi connectivity index (χ1v) is 11.0. The molecule has 32 heavy (non-hydrogen) atoms. The summed E-state index contributed by atoms with van der Waals surface area (Å²) >= 11 is 0. The molecule has 6 nitrogen and oxygen atoms in total. The highest BCUT2D eigenvalue weighted by Gasteiger charge is 2.24. The van der Waals surface area contributed by atoms with Gasteiger partial charge in [-0.2, -0.15) is 5.10 Å². The average molecular weight is 442 g/mol. The van der Waals surface area contributed by atoms with Gasteiger partial charge >= 0.3 is 0 Å². The molecular formula is C25H32FN3O3. The van der Waals surface area contributed by atoms with Crippen LogP contribution in [-0.2, 0) is 11.3 Å². The second kappa shape index (κ2) is 11.2. The predicted molar refractivity (Wildman–Crippen MR) is 123 cm³/mol. The van der Waals surface area contributed by atoms with Crippen LogP contribution in [0.1, 0.15) is 32.0 Å². The van der Waals surface area contributed by atoms with Gasteiger partial charge in [0.1, 0.15) is 0 Å². The molecule has 0 unspecified atom stereocenters. The molecule has 0 amide bonds. The zero-order valence-corrected chi connectivity index (χ0v) is 19.2. The van der Waals surface area contributed by atoms with Gasteiger partial charge in [0.05, 0.1) is 29.7 Å². The van der Waals surface area contributed by atoms with Crippen molar-refractivity contribution in [2.24, 2.45) is 0 Å². The van der Waals surface area contributed by atoms with Crippen LogP contribution in [0.3, 0.4) is 0 Å². The summed E-state index contributed by atoms with van der Waals surface area (Å²) in [7, 11) is 0. The Morgan fingerprint density at radius 1 is 1.09 bits per heavy atom. The van der Waals surface area contributed by atoms with Gasteiger partial charge in [-0.3, -0.25) is 4.90 Å². The Labute approximate surface area is 189 Å². The van der Waals surface area contributed by atoms with Gasteiger partial charge in [0.15, 0.2) is 11.6 Å². The van der Waals surface area contributed by atoms with Crippen LogP contribution in [0, 0.1) is 12.7 Å². The smallest absolute Gasteiger partial charge is 0.227 e. The van der Waals surface area contributed by atoms with Gasteiger partial charge in [0, 0.05) is 25.7 Å². The summed E-state index contributed by atoms with van der Waals surface area (Å²) in [6, 6.07) is 16.1. The average Bonchev–Trinajstić information content (AvgIpc) is 3.09. The van der Waals surface area contributed by atoms with E-state index in [-0.39, 0.29) is 18.4 Å². The first kappa shape index (κ1) is 23.9. The largest absolute Gasteiger partial charge is 0.435 e. The maximum atomic E-state index is 14.4. The van der Waals surface area contributed by atoms with Crippen molar-refractivity contribution in [2.75, 3.05) is 19.8 Å². The van der Waals surface area contributed by atoms with Crippen molar-refractivity contribution in [1.29, 1.82) is 0 Å². The Morgan fingerprint density at radius 3 is 2.44 bits per heavy atom. The van der Waals surface area contributed by atoms with Crippen LogP contribution in [-0.4, -0.2) is 51.7 Å². The summed E-state index contributed by atoms with van der Waals surface area (Å²) in [6.07, 6.45) is -0.613. The van der Waals surface area contributed by atoms with Crippen LogP contribution in [0.25, 0.3) is 5.69 Å². The molecule has 2 aromatic carbocycles. The molecule has 0 aliphatic rings. The van der Waals surface area contributed by atoms with Gasteiger partial charge in [-0.05, 0) is 52.0 Å². The molecule has 0 spiro atoms. The number of aliphatic hydroxyl groups excluding tert-OH is 1. The molecule has 0 bridgehead atoms. The molecule has 0 saturated heterocycles. The first-order chi connectivity index (χ1) is 15.4. The number of nitrogens with zero attached hydrogens (tertiary/aromatic N) is 3. The van der Waals surface area contributed by atoms with Crippen LogP contribution in [0.2, 0.25) is 0 Å². The number of para-hydroxylation sites is 2. The lowest BCUT2D eigenvalue weighted by Crippen LogP contribution is -2.39. The van der Waals surface area contributed by atoms with E-state index in [0.29, 0.717) is 25.6 Å². The number of halogens is 1. The third-order valence-electron chi connectivity index (χ3n) is 5.23. The van der Waals surface area contributed by atoms with E-state index in [1.165, 1.54) is 6.07 Å². The molecule has 0 saturated carbocycles. The lowest BCUT2D eigenvalue weighted by Gasteiger charge is -2.29. The molecule has 3 aromatic rings. The predicted octanol–water partition coefficient (Wildman–Crippen LogP) is 4.72. The second-order valence-electron chi connectivity index (χ2n) is 7.99. The van der Waals surface area contributed by atoms with Crippen molar-refractivity contribution in [3.05, 3.63) is 71.7 Å². The normalized spacial score (nSPS) is 12.5. The molecule has 0 aliphatic heterocycles. The van der Waals surface area contributed by atoms with Crippen LogP contribution in [0.15, 0.2) is 54.6 Å². The molecule has 0 aliphatic carbocycles. The van der Waals surface area contributed by atoms with E-state index in [1.807, 2.05) is 44.2 Å². The number of benzene rings is 2.